The minimum atomic E-state index is -3.65. The van der Waals surface area contributed by atoms with Gasteiger partial charge in [-0.05, 0) is 61.1 Å². The smallest absolute Gasteiger partial charge is 0.240 e. The number of carbonyl (C=O) groups is 1. The van der Waals surface area contributed by atoms with Crippen molar-refractivity contribution in [1.82, 2.24) is 9.71 Å². The normalized spacial score (nSPS) is 13.6. The van der Waals surface area contributed by atoms with Gasteiger partial charge in [0.05, 0.1) is 11.1 Å². The van der Waals surface area contributed by atoms with E-state index in [1.807, 2.05) is 12.1 Å². The molecule has 0 saturated carbocycles. The van der Waals surface area contributed by atoms with Crippen molar-refractivity contribution in [2.75, 3.05) is 11.9 Å². The monoisotopic (exact) mass is 425 g/mol. The summed E-state index contributed by atoms with van der Waals surface area (Å²) in [5.74, 6) is 0.321. The van der Waals surface area contributed by atoms with Crippen LogP contribution in [0.5, 0.6) is 0 Å². The molecule has 0 atom stereocenters. The number of benzene rings is 2. The molecule has 0 aliphatic heterocycles. The van der Waals surface area contributed by atoms with Crippen LogP contribution in [-0.2, 0) is 27.7 Å². The Balaban J connectivity index is 1.33. The molecule has 1 aliphatic carbocycles. The van der Waals surface area contributed by atoms with E-state index in [0.29, 0.717) is 11.4 Å². The van der Waals surface area contributed by atoms with Gasteiger partial charge >= 0.3 is 0 Å². The molecule has 0 spiro atoms. The van der Waals surface area contributed by atoms with Crippen molar-refractivity contribution in [3.63, 3.8) is 0 Å². The molecular formula is C22H23N3O4S. The highest BCUT2D eigenvalue weighted by molar-refractivity contribution is 7.89. The molecule has 3 aromatic rings. The standard InChI is InChI=1S/C22H23N3O4S/c26-22(25-19-7-3-6-18(12-19)21-14-23-15-29-21)10-11-24-30(27,28)20-9-8-16-4-1-2-5-17(16)13-20/h3,6-9,12-15,24H,1-2,4-5,10-11H2,(H,25,26). The lowest BCUT2D eigenvalue weighted by Gasteiger charge is -2.16. The molecule has 0 radical (unpaired) electrons. The fourth-order valence-corrected chi connectivity index (χ4v) is 4.67. The predicted octanol–water partition coefficient (Wildman–Crippen LogP) is 3.53. The molecule has 0 fully saturated rings. The Morgan fingerprint density at radius 3 is 2.70 bits per heavy atom. The fourth-order valence-electron chi connectivity index (χ4n) is 3.59. The molecule has 1 aliphatic rings. The number of amides is 1. The number of carbonyl (C=O) groups excluding carboxylic acids is 1. The Morgan fingerprint density at radius 1 is 1.07 bits per heavy atom. The lowest BCUT2D eigenvalue weighted by Crippen LogP contribution is -2.28. The van der Waals surface area contributed by atoms with Crippen LogP contribution in [0.2, 0.25) is 0 Å². The minimum absolute atomic E-state index is 0.0209. The SMILES string of the molecule is O=C(CCNS(=O)(=O)c1ccc2c(c1)CCCC2)Nc1cccc(-c2cnco2)c1. The molecule has 0 unspecified atom stereocenters. The zero-order valence-electron chi connectivity index (χ0n) is 16.4. The molecule has 4 rings (SSSR count). The van der Waals surface area contributed by atoms with Crippen LogP contribution < -0.4 is 10.0 Å². The molecule has 2 N–H and O–H groups in total. The number of aromatic nitrogens is 1. The zero-order chi connectivity index (χ0) is 21.0. The molecule has 1 amide bonds. The van der Waals surface area contributed by atoms with Gasteiger partial charge in [-0.3, -0.25) is 4.79 Å². The summed E-state index contributed by atoms with van der Waals surface area (Å²) in [5.41, 5.74) is 3.73. The number of nitrogens with zero attached hydrogens (tertiary/aromatic N) is 1. The molecule has 8 heteroatoms. The average Bonchev–Trinajstić information content (AvgIpc) is 3.28. The number of aryl methyl sites for hydroxylation is 2. The lowest BCUT2D eigenvalue weighted by molar-refractivity contribution is -0.116. The first-order valence-corrected chi connectivity index (χ1v) is 11.4. The highest BCUT2D eigenvalue weighted by Gasteiger charge is 2.18. The van der Waals surface area contributed by atoms with Crippen LogP contribution in [0.25, 0.3) is 11.3 Å². The Morgan fingerprint density at radius 2 is 1.90 bits per heavy atom. The molecular weight excluding hydrogens is 402 g/mol. The maximum absolute atomic E-state index is 12.6. The van der Waals surface area contributed by atoms with E-state index in [4.69, 9.17) is 4.42 Å². The number of fused-ring (bicyclic) bond motifs is 1. The van der Waals surface area contributed by atoms with Crippen molar-refractivity contribution < 1.29 is 17.6 Å². The van der Waals surface area contributed by atoms with Crippen LogP contribution in [0.4, 0.5) is 5.69 Å². The van der Waals surface area contributed by atoms with Gasteiger partial charge in [0, 0.05) is 24.2 Å². The van der Waals surface area contributed by atoms with E-state index >= 15 is 0 Å². The molecule has 1 aromatic heterocycles. The quantitative estimate of drug-likeness (QED) is 0.603. The van der Waals surface area contributed by atoms with E-state index < -0.39 is 10.0 Å². The van der Waals surface area contributed by atoms with Gasteiger partial charge in [0.1, 0.15) is 0 Å². The van der Waals surface area contributed by atoms with E-state index in [1.165, 1.54) is 12.0 Å². The second-order valence-electron chi connectivity index (χ2n) is 7.28. The van der Waals surface area contributed by atoms with Gasteiger partial charge in [0.15, 0.2) is 12.2 Å². The van der Waals surface area contributed by atoms with E-state index in [-0.39, 0.29) is 23.8 Å². The zero-order valence-corrected chi connectivity index (χ0v) is 17.2. The summed E-state index contributed by atoms with van der Waals surface area (Å²) in [6.45, 7) is 0.0209. The minimum Gasteiger partial charge on any atom is -0.444 e. The fraction of sp³-hybridized carbons (Fsp3) is 0.273. The number of rotatable bonds is 7. The number of sulfonamides is 1. The second kappa shape index (κ2) is 8.81. The van der Waals surface area contributed by atoms with Crippen molar-refractivity contribution in [2.24, 2.45) is 0 Å². The molecule has 0 bridgehead atoms. The second-order valence-corrected chi connectivity index (χ2v) is 9.05. The largest absolute Gasteiger partial charge is 0.444 e. The van der Waals surface area contributed by atoms with E-state index in [0.717, 1.165) is 36.8 Å². The summed E-state index contributed by atoms with van der Waals surface area (Å²) in [6, 6.07) is 12.5. The third-order valence-corrected chi connectivity index (χ3v) is 6.60. The van der Waals surface area contributed by atoms with Gasteiger partial charge in [-0.1, -0.05) is 18.2 Å². The van der Waals surface area contributed by atoms with E-state index in [2.05, 4.69) is 15.0 Å². The number of anilines is 1. The number of hydrogen-bond donors (Lipinski definition) is 2. The molecule has 156 valence electrons. The Bertz CT molecular complexity index is 1140. The van der Waals surface area contributed by atoms with Crippen molar-refractivity contribution in [2.45, 2.75) is 37.0 Å². The summed E-state index contributed by atoms with van der Waals surface area (Å²) in [4.78, 5) is 16.4. The number of oxazole rings is 1. The maximum atomic E-state index is 12.6. The van der Waals surface area contributed by atoms with Gasteiger partial charge in [-0.25, -0.2) is 18.1 Å². The Hall–Kier alpha value is -2.97. The molecule has 7 nitrogen and oxygen atoms in total. The third-order valence-electron chi connectivity index (χ3n) is 5.14. The highest BCUT2D eigenvalue weighted by Crippen LogP contribution is 2.24. The number of nitrogens with one attached hydrogen (secondary N) is 2. The third kappa shape index (κ3) is 4.77. The Kier molecular flexibility index (Phi) is 5.96. The van der Waals surface area contributed by atoms with Crippen molar-refractivity contribution in [3.05, 3.63) is 66.2 Å². The summed E-state index contributed by atoms with van der Waals surface area (Å²) in [5, 5.41) is 2.78. The first-order chi connectivity index (χ1) is 14.5. The first kappa shape index (κ1) is 20.3. The summed E-state index contributed by atoms with van der Waals surface area (Å²) < 4.78 is 32.9. The van der Waals surface area contributed by atoms with Crippen LogP contribution >= 0.6 is 0 Å². The van der Waals surface area contributed by atoms with Crippen molar-refractivity contribution >= 4 is 21.6 Å². The molecule has 0 saturated heterocycles. The van der Waals surface area contributed by atoms with Crippen molar-refractivity contribution in [1.29, 1.82) is 0 Å². The van der Waals surface area contributed by atoms with Crippen LogP contribution in [0.1, 0.15) is 30.4 Å². The summed E-state index contributed by atoms with van der Waals surface area (Å²) >= 11 is 0. The highest BCUT2D eigenvalue weighted by atomic mass is 32.2. The maximum Gasteiger partial charge on any atom is 0.240 e. The van der Waals surface area contributed by atoms with Crippen LogP contribution in [-0.4, -0.2) is 25.9 Å². The topological polar surface area (TPSA) is 101 Å². The lowest BCUT2D eigenvalue weighted by atomic mass is 9.92. The van der Waals surface area contributed by atoms with Gasteiger partial charge in [-0.15, -0.1) is 0 Å². The van der Waals surface area contributed by atoms with Gasteiger partial charge in [0.2, 0.25) is 15.9 Å². The number of hydrogen-bond acceptors (Lipinski definition) is 5. The first-order valence-electron chi connectivity index (χ1n) is 9.91. The van der Waals surface area contributed by atoms with Gasteiger partial charge in [-0.2, -0.15) is 0 Å². The van der Waals surface area contributed by atoms with Crippen molar-refractivity contribution in [3.8, 4) is 11.3 Å². The van der Waals surface area contributed by atoms with Gasteiger partial charge in [0.25, 0.3) is 0 Å². The van der Waals surface area contributed by atoms with Gasteiger partial charge < -0.3 is 9.73 Å². The molecule has 30 heavy (non-hydrogen) atoms. The predicted molar refractivity (Wildman–Crippen MR) is 113 cm³/mol. The summed E-state index contributed by atoms with van der Waals surface area (Å²) in [7, 11) is -3.65. The van der Waals surface area contributed by atoms with Crippen LogP contribution in [0.3, 0.4) is 0 Å². The average molecular weight is 426 g/mol. The van der Waals surface area contributed by atoms with Crippen LogP contribution in [0.15, 0.2) is 64.4 Å². The van der Waals surface area contributed by atoms with E-state index in [1.54, 1.807) is 36.5 Å². The molecule has 1 heterocycles. The Labute approximate surface area is 175 Å². The van der Waals surface area contributed by atoms with Crippen LogP contribution in [0, 0.1) is 0 Å². The molecule has 2 aromatic carbocycles. The summed E-state index contributed by atoms with van der Waals surface area (Å²) in [6.07, 6.45) is 7.10. The van der Waals surface area contributed by atoms with E-state index in [9.17, 15) is 13.2 Å².